The van der Waals surface area contributed by atoms with E-state index < -0.39 is 0 Å². The number of nitrogens with zero attached hydrogens (tertiary/aromatic N) is 2. The maximum atomic E-state index is 12.6. The van der Waals surface area contributed by atoms with Crippen molar-refractivity contribution in [2.45, 2.75) is 45.6 Å². The monoisotopic (exact) mass is 424 g/mol. The zero-order valence-corrected chi connectivity index (χ0v) is 19.2. The highest BCUT2D eigenvalue weighted by Gasteiger charge is 2.25. The fourth-order valence-electron chi connectivity index (χ4n) is 3.91. The van der Waals surface area contributed by atoms with E-state index in [2.05, 4.69) is 30.9 Å². The Bertz CT molecular complexity index is 796. The molecule has 3 rings (SSSR count). The first-order chi connectivity index (χ1) is 15.0. The molecule has 1 fully saturated rings. The van der Waals surface area contributed by atoms with Gasteiger partial charge in [0.2, 0.25) is 0 Å². The van der Waals surface area contributed by atoms with E-state index in [4.69, 9.17) is 9.47 Å². The van der Waals surface area contributed by atoms with Crippen molar-refractivity contribution in [3.8, 4) is 11.5 Å². The summed E-state index contributed by atoms with van der Waals surface area (Å²) in [6.07, 6.45) is 4.02. The molecule has 2 aromatic rings. The van der Waals surface area contributed by atoms with E-state index >= 15 is 0 Å². The zero-order valence-electron chi connectivity index (χ0n) is 19.2. The van der Waals surface area contributed by atoms with Crippen molar-refractivity contribution >= 4 is 5.91 Å². The van der Waals surface area contributed by atoms with E-state index in [1.165, 1.54) is 11.1 Å². The Morgan fingerprint density at radius 3 is 2.26 bits per heavy atom. The number of amides is 1. The number of ether oxygens (including phenoxy) is 2. The maximum Gasteiger partial charge on any atom is 0.260 e. The third-order valence-corrected chi connectivity index (χ3v) is 6.10. The predicted octanol–water partition coefficient (Wildman–Crippen LogP) is 4.33. The molecule has 0 N–H and O–H groups in total. The lowest BCUT2D eigenvalue weighted by molar-refractivity contribution is -0.135. The van der Waals surface area contributed by atoms with Crippen LogP contribution in [-0.2, 0) is 11.2 Å². The number of aryl methyl sites for hydroxylation is 2. The van der Waals surface area contributed by atoms with Crippen LogP contribution in [0.1, 0.15) is 37.3 Å². The molecular formula is C26H36N2O3. The Morgan fingerprint density at radius 2 is 1.61 bits per heavy atom. The van der Waals surface area contributed by atoms with Crippen molar-refractivity contribution in [2.75, 3.05) is 39.9 Å². The van der Waals surface area contributed by atoms with Gasteiger partial charge >= 0.3 is 0 Å². The summed E-state index contributed by atoms with van der Waals surface area (Å²) >= 11 is 0. The third-order valence-electron chi connectivity index (χ3n) is 6.10. The molecule has 168 valence electrons. The number of piperidine rings is 1. The van der Waals surface area contributed by atoms with Crippen LogP contribution in [0.15, 0.2) is 48.5 Å². The van der Waals surface area contributed by atoms with Gasteiger partial charge in [-0.05, 0) is 62.4 Å². The summed E-state index contributed by atoms with van der Waals surface area (Å²) in [6.45, 7) is 8.11. The number of hydrogen-bond acceptors (Lipinski definition) is 4. The average molecular weight is 425 g/mol. The first kappa shape index (κ1) is 23.1. The molecule has 0 saturated carbocycles. The third kappa shape index (κ3) is 7.28. The van der Waals surface area contributed by atoms with E-state index in [1.807, 2.05) is 48.3 Å². The summed E-state index contributed by atoms with van der Waals surface area (Å²) in [7, 11) is 1.90. The summed E-state index contributed by atoms with van der Waals surface area (Å²) in [4.78, 5) is 16.9. The zero-order chi connectivity index (χ0) is 22.1. The Labute approximate surface area is 187 Å². The van der Waals surface area contributed by atoms with E-state index in [0.717, 1.165) is 63.4 Å². The van der Waals surface area contributed by atoms with Crippen LogP contribution < -0.4 is 9.47 Å². The van der Waals surface area contributed by atoms with Crippen molar-refractivity contribution in [2.24, 2.45) is 0 Å². The number of benzene rings is 2. The van der Waals surface area contributed by atoms with Crippen LogP contribution in [0.2, 0.25) is 0 Å². The topological polar surface area (TPSA) is 42.0 Å². The lowest BCUT2D eigenvalue weighted by Gasteiger charge is -2.36. The Kier molecular flexibility index (Phi) is 8.77. The Morgan fingerprint density at radius 1 is 1.00 bits per heavy atom. The minimum atomic E-state index is 0.0458. The molecule has 5 nitrogen and oxygen atoms in total. The van der Waals surface area contributed by atoms with Gasteiger partial charge in [0.25, 0.3) is 5.91 Å². The summed E-state index contributed by atoms with van der Waals surface area (Å²) in [5, 5.41) is 0. The van der Waals surface area contributed by atoms with Gasteiger partial charge < -0.3 is 19.3 Å². The fraction of sp³-hybridized carbons (Fsp3) is 0.500. The van der Waals surface area contributed by atoms with Crippen LogP contribution in [0, 0.1) is 6.92 Å². The van der Waals surface area contributed by atoms with Gasteiger partial charge in [0.1, 0.15) is 11.5 Å². The van der Waals surface area contributed by atoms with Gasteiger partial charge in [-0.3, -0.25) is 4.79 Å². The van der Waals surface area contributed by atoms with Gasteiger partial charge in [-0.1, -0.05) is 36.8 Å². The van der Waals surface area contributed by atoms with Gasteiger partial charge in [-0.25, -0.2) is 0 Å². The predicted molar refractivity (Wildman–Crippen MR) is 125 cm³/mol. The molecule has 0 aromatic heterocycles. The van der Waals surface area contributed by atoms with E-state index in [1.54, 1.807) is 0 Å². The molecule has 0 aliphatic carbocycles. The number of carbonyl (C=O) groups is 1. The van der Waals surface area contributed by atoms with E-state index in [9.17, 15) is 4.79 Å². The lowest BCUT2D eigenvalue weighted by Crippen LogP contribution is -2.47. The molecular weight excluding hydrogens is 388 g/mol. The molecule has 5 heteroatoms. The van der Waals surface area contributed by atoms with Gasteiger partial charge in [-0.15, -0.1) is 0 Å². The van der Waals surface area contributed by atoms with E-state index in [0.29, 0.717) is 6.04 Å². The molecule has 0 spiro atoms. The van der Waals surface area contributed by atoms with E-state index in [-0.39, 0.29) is 12.5 Å². The first-order valence-electron chi connectivity index (χ1n) is 11.4. The number of likely N-dealkylation sites (tertiary alicyclic amines) is 1. The van der Waals surface area contributed by atoms with Gasteiger partial charge in [0, 0.05) is 32.7 Å². The minimum absolute atomic E-state index is 0.0458. The fourth-order valence-corrected chi connectivity index (χ4v) is 3.91. The first-order valence-corrected chi connectivity index (χ1v) is 11.4. The number of rotatable bonds is 10. The number of likely N-dealkylation sites (N-methyl/N-ethyl adjacent to an activating group) is 1. The smallest absolute Gasteiger partial charge is 0.260 e. The van der Waals surface area contributed by atoms with Crippen molar-refractivity contribution < 1.29 is 14.3 Å². The second-order valence-electron chi connectivity index (χ2n) is 8.38. The molecule has 2 aromatic carbocycles. The lowest BCUT2D eigenvalue weighted by atomic mass is 10.0. The SMILES string of the molecule is CCc1ccc(OCC(=O)N(C)C2CCN(CCCOc3ccc(C)cc3)CC2)cc1. The number of hydrogen-bond donors (Lipinski definition) is 0. The highest BCUT2D eigenvalue weighted by molar-refractivity contribution is 5.77. The second kappa shape index (κ2) is 11.8. The van der Waals surface area contributed by atoms with Crippen LogP contribution in [0.4, 0.5) is 0 Å². The largest absolute Gasteiger partial charge is 0.494 e. The van der Waals surface area contributed by atoms with Gasteiger partial charge in [0.15, 0.2) is 6.61 Å². The summed E-state index contributed by atoms with van der Waals surface area (Å²) < 4.78 is 11.5. The molecule has 31 heavy (non-hydrogen) atoms. The highest BCUT2D eigenvalue weighted by Crippen LogP contribution is 2.17. The van der Waals surface area contributed by atoms with Crippen LogP contribution in [0.5, 0.6) is 11.5 Å². The van der Waals surface area contributed by atoms with Crippen molar-refractivity contribution in [3.05, 3.63) is 59.7 Å². The molecule has 0 unspecified atom stereocenters. The average Bonchev–Trinajstić information content (AvgIpc) is 2.81. The number of carbonyl (C=O) groups excluding carboxylic acids is 1. The van der Waals surface area contributed by atoms with Crippen LogP contribution in [0.25, 0.3) is 0 Å². The highest BCUT2D eigenvalue weighted by atomic mass is 16.5. The summed E-state index contributed by atoms with van der Waals surface area (Å²) in [6, 6.07) is 16.5. The standard InChI is InChI=1S/C26H36N2O3/c1-4-22-8-12-25(13-9-22)31-20-26(29)27(3)23-14-17-28(18-15-23)16-5-19-30-24-10-6-21(2)7-11-24/h6-13,23H,4-5,14-20H2,1-3H3. The van der Waals surface area contributed by atoms with Crippen LogP contribution in [0.3, 0.4) is 0 Å². The summed E-state index contributed by atoms with van der Waals surface area (Å²) in [5.41, 5.74) is 2.51. The Balaban J connectivity index is 1.31. The van der Waals surface area contributed by atoms with Gasteiger partial charge in [0.05, 0.1) is 6.61 Å². The van der Waals surface area contributed by atoms with Crippen molar-refractivity contribution in [1.29, 1.82) is 0 Å². The molecule has 1 aliphatic rings. The summed E-state index contributed by atoms with van der Waals surface area (Å²) in [5.74, 6) is 1.74. The molecule has 1 heterocycles. The molecule has 1 amide bonds. The van der Waals surface area contributed by atoms with Crippen LogP contribution in [-0.4, -0.2) is 61.6 Å². The van der Waals surface area contributed by atoms with Crippen LogP contribution >= 0.6 is 0 Å². The molecule has 1 saturated heterocycles. The maximum absolute atomic E-state index is 12.6. The molecule has 0 bridgehead atoms. The quantitative estimate of drug-likeness (QED) is 0.533. The Hall–Kier alpha value is -2.53. The minimum Gasteiger partial charge on any atom is -0.494 e. The molecule has 0 radical (unpaired) electrons. The molecule has 1 aliphatic heterocycles. The van der Waals surface area contributed by atoms with Crippen molar-refractivity contribution in [3.63, 3.8) is 0 Å². The normalized spacial score (nSPS) is 14.9. The van der Waals surface area contributed by atoms with Gasteiger partial charge in [-0.2, -0.15) is 0 Å². The van der Waals surface area contributed by atoms with Crippen molar-refractivity contribution in [1.82, 2.24) is 9.80 Å². The molecule has 0 atom stereocenters. The second-order valence-corrected chi connectivity index (χ2v) is 8.38.